The van der Waals surface area contributed by atoms with Gasteiger partial charge >= 0.3 is 0 Å². The van der Waals surface area contributed by atoms with Gasteiger partial charge in [-0.3, -0.25) is 13.9 Å². The maximum atomic E-state index is 14.0. The molecule has 1 fully saturated rings. The highest BCUT2D eigenvalue weighted by molar-refractivity contribution is 7.92. The third-order valence-electron chi connectivity index (χ3n) is 7.19. The van der Waals surface area contributed by atoms with Gasteiger partial charge < -0.3 is 10.2 Å². The number of hydrogen-bond donors (Lipinski definition) is 1. The third-order valence-corrected chi connectivity index (χ3v) is 9.69. The number of anilines is 1. The smallest absolute Gasteiger partial charge is 0.264 e. The number of nitrogens with zero attached hydrogens (tertiary/aromatic N) is 2. The molecule has 40 heavy (non-hydrogen) atoms. The Morgan fingerprint density at radius 2 is 1.52 bits per heavy atom. The Balaban J connectivity index is 1.70. The molecule has 3 aromatic carbocycles. The molecular weight excluding hydrogens is 569 g/mol. The van der Waals surface area contributed by atoms with E-state index in [1.54, 1.807) is 67.6 Å². The number of rotatable bonds is 10. The van der Waals surface area contributed by atoms with E-state index in [1.807, 2.05) is 6.92 Å². The van der Waals surface area contributed by atoms with Crippen molar-refractivity contribution in [1.82, 2.24) is 10.2 Å². The van der Waals surface area contributed by atoms with Gasteiger partial charge in [-0.05, 0) is 63.1 Å². The molecular formula is C30H33Cl2N3O4S. The van der Waals surface area contributed by atoms with Crippen molar-refractivity contribution in [2.75, 3.05) is 10.8 Å². The molecule has 0 aromatic heterocycles. The molecule has 2 amide bonds. The minimum absolute atomic E-state index is 0.0519. The summed E-state index contributed by atoms with van der Waals surface area (Å²) in [4.78, 5) is 28.7. The van der Waals surface area contributed by atoms with Crippen LogP contribution in [0.1, 0.15) is 43.7 Å². The van der Waals surface area contributed by atoms with Gasteiger partial charge in [0.15, 0.2) is 0 Å². The quantitative estimate of drug-likeness (QED) is 0.310. The Kier molecular flexibility index (Phi) is 9.77. The van der Waals surface area contributed by atoms with Gasteiger partial charge in [-0.25, -0.2) is 8.42 Å². The van der Waals surface area contributed by atoms with Crippen LogP contribution in [-0.4, -0.2) is 43.8 Å². The number of amides is 2. The van der Waals surface area contributed by atoms with Crippen molar-refractivity contribution in [2.45, 2.75) is 63.1 Å². The predicted molar refractivity (Wildman–Crippen MR) is 159 cm³/mol. The summed E-state index contributed by atoms with van der Waals surface area (Å²) >= 11 is 12.9. The van der Waals surface area contributed by atoms with Crippen molar-refractivity contribution in [3.63, 3.8) is 0 Å². The molecule has 1 unspecified atom stereocenters. The molecule has 0 heterocycles. The van der Waals surface area contributed by atoms with E-state index in [9.17, 15) is 18.0 Å². The van der Waals surface area contributed by atoms with Crippen LogP contribution in [0.4, 0.5) is 5.69 Å². The van der Waals surface area contributed by atoms with E-state index in [1.165, 1.54) is 17.0 Å². The zero-order valence-electron chi connectivity index (χ0n) is 22.5. The van der Waals surface area contributed by atoms with Crippen LogP contribution in [0.5, 0.6) is 0 Å². The number of carbonyl (C=O) groups excluding carboxylic acids is 2. The first kappa shape index (κ1) is 29.9. The Morgan fingerprint density at radius 1 is 0.925 bits per heavy atom. The summed E-state index contributed by atoms with van der Waals surface area (Å²) in [5.41, 5.74) is 1.76. The monoisotopic (exact) mass is 601 g/mol. The number of aryl methyl sites for hydroxylation is 1. The van der Waals surface area contributed by atoms with E-state index in [-0.39, 0.29) is 23.4 Å². The average molecular weight is 603 g/mol. The van der Waals surface area contributed by atoms with Gasteiger partial charge in [0.2, 0.25) is 11.8 Å². The van der Waals surface area contributed by atoms with Gasteiger partial charge in [0.25, 0.3) is 10.0 Å². The molecule has 212 valence electrons. The topological polar surface area (TPSA) is 86.8 Å². The molecule has 1 aliphatic carbocycles. The van der Waals surface area contributed by atoms with E-state index < -0.39 is 28.5 Å². The standard InChI is InChI=1S/C30H33Cl2N3O4S/c1-21-15-17-24(18-16-21)35(40(38,39)25-11-4-3-5-12-25)20-29(36)34(19-26-27(31)13-8-14-28(26)32)22(2)30(37)33-23-9-6-7-10-23/h3-5,8,11-18,22-23H,6-7,9-10,19-20H2,1-2H3,(H,33,37). The van der Waals surface area contributed by atoms with Crippen LogP contribution in [-0.2, 0) is 26.2 Å². The Bertz CT molecular complexity index is 1420. The Labute approximate surface area is 246 Å². The number of sulfonamides is 1. The number of benzene rings is 3. The number of hydrogen-bond acceptors (Lipinski definition) is 4. The van der Waals surface area contributed by atoms with Crippen LogP contribution in [0.2, 0.25) is 10.0 Å². The number of nitrogens with one attached hydrogen (secondary N) is 1. The van der Waals surface area contributed by atoms with Crippen molar-refractivity contribution in [3.05, 3.63) is 94.0 Å². The first-order valence-corrected chi connectivity index (χ1v) is 15.4. The molecule has 1 aliphatic rings. The van der Waals surface area contributed by atoms with Crippen LogP contribution in [0, 0.1) is 6.92 Å². The Morgan fingerprint density at radius 3 is 2.12 bits per heavy atom. The normalized spacial score (nSPS) is 14.5. The molecule has 0 radical (unpaired) electrons. The van der Waals surface area contributed by atoms with Gasteiger partial charge in [0, 0.05) is 28.2 Å². The highest BCUT2D eigenvalue weighted by Gasteiger charge is 2.33. The zero-order valence-corrected chi connectivity index (χ0v) is 24.8. The lowest BCUT2D eigenvalue weighted by Crippen LogP contribution is -2.52. The molecule has 3 aromatic rings. The van der Waals surface area contributed by atoms with Crippen molar-refractivity contribution < 1.29 is 18.0 Å². The molecule has 7 nitrogen and oxygen atoms in total. The molecule has 10 heteroatoms. The predicted octanol–water partition coefficient (Wildman–Crippen LogP) is 5.97. The Hall–Kier alpha value is -3.07. The lowest BCUT2D eigenvalue weighted by Gasteiger charge is -2.33. The lowest BCUT2D eigenvalue weighted by molar-refractivity contribution is -0.139. The fraction of sp³-hybridized carbons (Fsp3) is 0.333. The minimum atomic E-state index is -4.12. The van der Waals surface area contributed by atoms with Crippen LogP contribution < -0.4 is 9.62 Å². The SMILES string of the molecule is Cc1ccc(N(CC(=O)N(Cc2c(Cl)cccc2Cl)C(C)C(=O)NC2CCCC2)S(=O)(=O)c2ccccc2)cc1. The largest absolute Gasteiger partial charge is 0.352 e. The highest BCUT2D eigenvalue weighted by atomic mass is 35.5. The maximum Gasteiger partial charge on any atom is 0.264 e. The van der Waals surface area contributed by atoms with Crippen molar-refractivity contribution in [3.8, 4) is 0 Å². The van der Waals surface area contributed by atoms with Gasteiger partial charge in [0.05, 0.1) is 10.6 Å². The highest BCUT2D eigenvalue weighted by Crippen LogP contribution is 2.28. The molecule has 4 rings (SSSR count). The molecule has 1 N–H and O–H groups in total. The second kappa shape index (κ2) is 13.1. The fourth-order valence-corrected chi connectivity index (χ4v) is 6.74. The summed E-state index contributed by atoms with van der Waals surface area (Å²) in [6, 6.07) is 19.0. The van der Waals surface area contributed by atoms with E-state index in [0.717, 1.165) is 35.6 Å². The second-order valence-corrected chi connectivity index (χ2v) is 12.7. The van der Waals surface area contributed by atoms with E-state index in [0.29, 0.717) is 21.3 Å². The van der Waals surface area contributed by atoms with Crippen molar-refractivity contribution in [1.29, 1.82) is 0 Å². The van der Waals surface area contributed by atoms with Crippen LogP contribution >= 0.6 is 23.2 Å². The summed E-state index contributed by atoms with van der Waals surface area (Å²) in [7, 11) is -4.12. The molecule has 0 aliphatic heterocycles. The molecule has 1 atom stereocenters. The van der Waals surface area contributed by atoms with Gasteiger partial charge in [-0.2, -0.15) is 0 Å². The molecule has 0 bridgehead atoms. The summed E-state index contributed by atoms with van der Waals surface area (Å²) in [6.07, 6.45) is 3.86. The molecule has 1 saturated carbocycles. The number of carbonyl (C=O) groups is 2. The van der Waals surface area contributed by atoms with Crippen LogP contribution in [0.25, 0.3) is 0 Å². The summed E-state index contributed by atoms with van der Waals surface area (Å²) in [6.45, 7) is 2.94. The van der Waals surface area contributed by atoms with Gasteiger partial charge in [-0.15, -0.1) is 0 Å². The lowest BCUT2D eigenvalue weighted by atomic mass is 10.1. The third kappa shape index (κ3) is 6.97. The zero-order chi connectivity index (χ0) is 28.9. The minimum Gasteiger partial charge on any atom is -0.352 e. The molecule has 0 spiro atoms. The molecule has 0 saturated heterocycles. The van der Waals surface area contributed by atoms with Crippen LogP contribution in [0.15, 0.2) is 77.7 Å². The number of halogens is 2. The first-order chi connectivity index (χ1) is 19.1. The van der Waals surface area contributed by atoms with E-state index in [4.69, 9.17) is 23.2 Å². The van der Waals surface area contributed by atoms with E-state index >= 15 is 0 Å². The summed E-state index contributed by atoms with van der Waals surface area (Å²) in [5, 5.41) is 3.74. The van der Waals surface area contributed by atoms with Crippen LogP contribution in [0.3, 0.4) is 0 Å². The van der Waals surface area contributed by atoms with Gasteiger partial charge in [0.1, 0.15) is 12.6 Å². The van der Waals surface area contributed by atoms with Crippen molar-refractivity contribution >= 4 is 50.7 Å². The maximum absolute atomic E-state index is 14.0. The fourth-order valence-electron chi connectivity index (χ4n) is 4.79. The first-order valence-electron chi connectivity index (χ1n) is 13.2. The van der Waals surface area contributed by atoms with E-state index in [2.05, 4.69) is 5.32 Å². The average Bonchev–Trinajstić information content (AvgIpc) is 3.45. The van der Waals surface area contributed by atoms with Crippen molar-refractivity contribution in [2.24, 2.45) is 0 Å². The summed E-state index contributed by atoms with van der Waals surface area (Å²) < 4.78 is 28.7. The van der Waals surface area contributed by atoms with Gasteiger partial charge in [-0.1, -0.05) is 78.0 Å². The summed E-state index contributed by atoms with van der Waals surface area (Å²) in [5.74, 6) is -0.874. The second-order valence-electron chi connectivity index (χ2n) is 10.0.